The summed E-state index contributed by atoms with van der Waals surface area (Å²) in [6, 6.07) is 16.0. The van der Waals surface area contributed by atoms with Gasteiger partial charge in [0.2, 0.25) is 0 Å². The molecule has 4 aromatic rings. The molecular weight excluding hydrogens is 338 g/mol. The number of aryl methyl sites for hydroxylation is 1. The Morgan fingerprint density at radius 2 is 1.85 bits per heavy atom. The maximum Gasteiger partial charge on any atom is 0.270 e. The standard InChI is InChI=1S/C21H21N5O/c1-14(24-21(27)20-11-12-22-25(20)3)18-13-23-26(15(18)2)19-10-6-8-16-7-4-5-9-17(16)19/h4-14H,1-3H3,(H,24,27)/t14-/m1/s1. The first-order valence-electron chi connectivity index (χ1n) is 8.88. The third kappa shape index (κ3) is 2.99. The summed E-state index contributed by atoms with van der Waals surface area (Å²) in [5.74, 6) is -0.153. The normalized spacial score (nSPS) is 12.3. The first-order valence-corrected chi connectivity index (χ1v) is 8.88. The number of aromatic nitrogens is 4. The zero-order valence-corrected chi connectivity index (χ0v) is 15.5. The molecule has 0 aliphatic heterocycles. The number of amides is 1. The number of nitrogens with one attached hydrogen (secondary N) is 1. The Morgan fingerprint density at radius 1 is 1.07 bits per heavy atom. The molecule has 6 heteroatoms. The van der Waals surface area contributed by atoms with Gasteiger partial charge in [-0.25, -0.2) is 4.68 Å². The summed E-state index contributed by atoms with van der Waals surface area (Å²) in [6.07, 6.45) is 3.44. The molecule has 1 atom stereocenters. The average molecular weight is 359 g/mol. The summed E-state index contributed by atoms with van der Waals surface area (Å²) in [5.41, 5.74) is 3.55. The zero-order chi connectivity index (χ0) is 19.0. The number of hydrogen-bond acceptors (Lipinski definition) is 3. The van der Waals surface area contributed by atoms with Gasteiger partial charge in [0, 0.05) is 29.9 Å². The van der Waals surface area contributed by atoms with Crippen LogP contribution in [0, 0.1) is 6.92 Å². The van der Waals surface area contributed by atoms with Crippen LogP contribution < -0.4 is 5.32 Å². The second-order valence-corrected chi connectivity index (χ2v) is 6.63. The Morgan fingerprint density at radius 3 is 2.63 bits per heavy atom. The number of rotatable bonds is 4. The SMILES string of the molecule is Cc1c([C@@H](C)NC(=O)c2ccnn2C)cnn1-c1cccc2ccccc12. The summed E-state index contributed by atoms with van der Waals surface area (Å²) in [4.78, 5) is 12.5. The highest BCUT2D eigenvalue weighted by molar-refractivity contribution is 5.92. The molecule has 1 N–H and O–H groups in total. The van der Waals surface area contributed by atoms with Gasteiger partial charge in [0.15, 0.2) is 0 Å². The lowest BCUT2D eigenvalue weighted by Crippen LogP contribution is -2.28. The highest BCUT2D eigenvalue weighted by Crippen LogP contribution is 2.26. The van der Waals surface area contributed by atoms with E-state index in [2.05, 4.69) is 39.8 Å². The van der Waals surface area contributed by atoms with Gasteiger partial charge in [-0.2, -0.15) is 10.2 Å². The van der Waals surface area contributed by atoms with Crippen LogP contribution in [0.1, 0.15) is 34.7 Å². The number of carbonyl (C=O) groups excluding carboxylic acids is 1. The summed E-state index contributed by atoms with van der Waals surface area (Å²) in [7, 11) is 1.75. The van der Waals surface area contributed by atoms with Crippen molar-refractivity contribution < 1.29 is 4.79 Å². The van der Waals surface area contributed by atoms with Crippen LogP contribution >= 0.6 is 0 Å². The Kier molecular flexibility index (Phi) is 4.24. The van der Waals surface area contributed by atoms with E-state index in [1.54, 1.807) is 24.0 Å². The lowest BCUT2D eigenvalue weighted by molar-refractivity contribution is 0.0930. The molecule has 0 aliphatic carbocycles. The maximum absolute atomic E-state index is 12.5. The van der Waals surface area contributed by atoms with E-state index in [4.69, 9.17) is 0 Å². The van der Waals surface area contributed by atoms with E-state index in [0.29, 0.717) is 5.69 Å². The molecular formula is C21H21N5O. The van der Waals surface area contributed by atoms with Crippen molar-refractivity contribution in [3.63, 3.8) is 0 Å². The predicted octanol–water partition coefficient (Wildman–Crippen LogP) is 3.56. The highest BCUT2D eigenvalue weighted by atomic mass is 16.2. The van der Waals surface area contributed by atoms with Gasteiger partial charge in [0.05, 0.1) is 17.9 Å². The molecule has 0 fully saturated rings. The van der Waals surface area contributed by atoms with Crippen LogP contribution in [-0.4, -0.2) is 25.5 Å². The molecule has 2 aromatic heterocycles. The van der Waals surface area contributed by atoms with Gasteiger partial charge in [-0.1, -0.05) is 36.4 Å². The van der Waals surface area contributed by atoms with Crippen LogP contribution in [-0.2, 0) is 7.05 Å². The quantitative estimate of drug-likeness (QED) is 0.606. The summed E-state index contributed by atoms with van der Waals surface area (Å²) in [5, 5.41) is 14.0. The fourth-order valence-electron chi connectivity index (χ4n) is 3.43. The molecule has 27 heavy (non-hydrogen) atoms. The zero-order valence-electron chi connectivity index (χ0n) is 15.5. The molecule has 0 unspecified atom stereocenters. The monoisotopic (exact) mass is 359 g/mol. The van der Waals surface area contributed by atoms with Crippen LogP contribution in [0.5, 0.6) is 0 Å². The Bertz CT molecular complexity index is 1120. The van der Waals surface area contributed by atoms with Crippen molar-refractivity contribution in [2.75, 3.05) is 0 Å². The van der Waals surface area contributed by atoms with Crippen LogP contribution in [0.4, 0.5) is 0 Å². The minimum Gasteiger partial charge on any atom is -0.344 e. The van der Waals surface area contributed by atoms with Crippen molar-refractivity contribution in [3.8, 4) is 5.69 Å². The molecule has 0 spiro atoms. The van der Waals surface area contributed by atoms with E-state index in [1.165, 1.54) is 5.39 Å². The summed E-state index contributed by atoms with van der Waals surface area (Å²) in [6.45, 7) is 3.99. The first kappa shape index (κ1) is 17.0. The first-order chi connectivity index (χ1) is 13.1. The number of fused-ring (bicyclic) bond motifs is 1. The molecule has 1 amide bonds. The van der Waals surface area contributed by atoms with Crippen molar-refractivity contribution in [1.82, 2.24) is 24.9 Å². The van der Waals surface area contributed by atoms with Gasteiger partial charge in [-0.3, -0.25) is 9.48 Å². The topological polar surface area (TPSA) is 64.7 Å². The van der Waals surface area contributed by atoms with Crippen LogP contribution in [0.2, 0.25) is 0 Å². The van der Waals surface area contributed by atoms with Crippen molar-refractivity contribution in [3.05, 3.63) is 77.9 Å². The Balaban J connectivity index is 1.66. The molecule has 0 saturated carbocycles. The van der Waals surface area contributed by atoms with E-state index >= 15 is 0 Å². The van der Waals surface area contributed by atoms with E-state index in [9.17, 15) is 4.79 Å². The summed E-state index contributed by atoms with van der Waals surface area (Å²) >= 11 is 0. The molecule has 0 aliphatic rings. The van der Waals surface area contributed by atoms with Gasteiger partial charge >= 0.3 is 0 Å². The fraction of sp³-hybridized carbons (Fsp3) is 0.190. The molecule has 136 valence electrons. The van der Waals surface area contributed by atoms with Crippen molar-refractivity contribution in [1.29, 1.82) is 0 Å². The van der Waals surface area contributed by atoms with E-state index in [-0.39, 0.29) is 11.9 Å². The minimum absolute atomic E-state index is 0.153. The number of nitrogens with zero attached hydrogens (tertiary/aromatic N) is 4. The number of carbonyl (C=O) groups is 1. The minimum atomic E-state index is -0.170. The van der Waals surface area contributed by atoms with Crippen molar-refractivity contribution >= 4 is 16.7 Å². The second kappa shape index (κ2) is 6.72. The lowest BCUT2D eigenvalue weighted by Gasteiger charge is -2.15. The van der Waals surface area contributed by atoms with E-state index < -0.39 is 0 Å². The molecule has 4 rings (SSSR count). The largest absolute Gasteiger partial charge is 0.344 e. The van der Waals surface area contributed by atoms with Gasteiger partial charge in [0.1, 0.15) is 5.69 Å². The van der Waals surface area contributed by atoms with Gasteiger partial charge in [0.25, 0.3) is 5.91 Å². The van der Waals surface area contributed by atoms with Gasteiger partial charge in [-0.05, 0) is 31.4 Å². The molecule has 0 radical (unpaired) electrons. The van der Waals surface area contributed by atoms with E-state index in [0.717, 1.165) is 22.3 Å². The molecule has 0 bridgehead atoms. The number of benzene rings is 2. The second-order valence-electron chi connectivity index (χ2n) is 6.63. The highest BCUT2D eigenvalue weighted by Gasteiger charge is 2.19. The molecule has 2 aromatic carbocycles. The van der Waals surface area contributed by atoms with Gasteiger partial charge < -0.3 is 5.32 Å². The summed E-state index contributed by atoms with van der Waals surface area (Å²) < 4.78 is 3.50. The van der Waals surface area contributed by atoms with Gasteiger partial charge in [-0.15, -0.1) is 0 Å². The smallest absolute Gasteiger partial charge is 0.270 e. The Hall–Kier alpha value is -3.41. The molecule has 2 heterocycles. The molecule has 0 saturated heterocycles. The Labute approximate surface area is 157 Å². The van der Waals surface area contributed by atoms with E-state index in [1.807, 2.05) is 42.9 Å². The van der Waals surface area contributed by atoms with Crippen molar-refractivity contribution in [2.45, 2.75) is 19.9 Å². The lowest BCUT2D eigenvalue weighted by atomic mass is 10.1. The van der Waals surface area contributed by atoms with Crippen LogP contribution in [0.3, 0.4) is 0 Å². The molecule has 6 nitrogen and oxygen atoms in total. The van der Waals surface area contributed by atoms with Crippen molar-refractivity contribution in [2.24, 2.45) is 7.05 Å². The maximum atomic E-state index is 12.5. The number of hydrogen-bond donors (Lipinski definition) is 1. The van der Waals surface area contributed by atoms with Crippen LogP contribution in [0.15, 0.2) is 60.9 Å². The fourth-order valence-corrected chi connectivity index (χ4v) is 3.43. The third-order valence-electron chi connectivity index (χ3n) is 4.91. The predicted molar refractivity (Wildman–Crippen MR) is 105 cm³/mol. The third-order valence-corrected chi connectivity index (χ3v) is 4.91. The average Bonchev–Trinajstić information content (AvgIpc) is 3.27. The van der Waals surface area contributed by atoms with Crippen LogP contribution in [0.25, 0.3) is 16.5 Å².